The van der Waals surface area contributed by atoms with Crippen molar-refractivity contribution in [1.29, 1.82) is 5.26 Å². The molecule has 0 aliphatic carbocycles. The van der Waals surface area contributed by atoms with Crippen LogP contribution < -0.4 is 10.1 Å². The number of fused-ring (bicyclic) bond motifs is 7. The summed E-state index contributed by atoms with van der Waals surface area (Å²) in [6.07, 6.45) is 4.31. The van der Waals surface area contributed by atoms with Gasteiger partial charge in [0.1, 0.15) is 11.5 Å². The first-order valence-corrected chi connectivity index (χ1v) is 21.0. The number of rotatable bonds is 5. The van der Waals surface area contributed by atoms with Gasteiger partial charge < -0.3 is 10.1 Å². The number of hydrogen-bond acceptors (Lipinski definition) is 4. The average Bonchev–Trinajstić information content (AvgIpc) is 3.35. The van der Waals surface area contributed by atoms with Crippen molar-refractivity contribution in [3.05, 3.63) is 234 Å². The molecule has 0 radical (unpaired) electrons. The monoisotopic (exact) mass is 791 g/mol. The van der Waals surface area contributed by atoms with Gasteiger partial charge in [-0.05, 0) is 127 Å². The van der Waals surface area contributed by atoms with E-state index in [-0.39, 0.29) is 0 Å². The first kappa shape index (κ1) is 35.7. The quantitative estimate of drug-likeness (QED) is 0.189. The van der Waals surface area contributed by atoms with Gasteiger partial charge >= 0.3 is 0 Å². The predicted octanol–water partition coefficient (Wildman–Crippen LogP) is 14.3. The maximum atomic E-state index is 9.65. The third-order valence-corrected chi connectivity index (χ3v) is 12.8. The summed E-state index contributed by atoms with van der Waals surface area (Å²) in [5.41, 5.74) is 13.6. The van der Waals surface area contributed by atoms with Crippen LogP contribution in [0.4, 0.5) is 5.69 Å². The van der Waals surface area contributed by atoms with Gasteiger partial charge in [0.2, 0.25) is 0 Å². The molecule has 0 fully saturated rings. The third-order valence-electron chi connectivity index (χ3n) is 12.8. The smallest absolute Gasteiger partial charge is 0.132 e. The van der Waals surface area contributed by atoms with E-state index in [0.29, 0.717) is 5.56 Å². The summed E-state index contributed by atoms with van der Waals surface area (Å²) in [7, 11) is 0. The number of ether oxygens (including phenoxy) is 1. The largest absolute Gasteiger partial charge is 0.457 e. The van der Waals surface area contributed by atoms with E-state index >= 15 is 0 Å². The number of para-hydroxylation sites is 1. The molecule has 0 spiro atoms. The zero-order valence-corrected chi connectivity index (χ0v) is 33.6. The Morgan fingerprint density at radius 1 is 0.500 bits per heavy atom. The molecule has 9 aromatic carbocycles. The number of aromatic nitrogens is 1. The molecule has 12 rings (SSSR count). The van der Waals surface area contributed by atoms with Crippen LogP contribution in [0.15, 0.2) is 200 Å². The van der Waals surface area contributed by atoms with Gasteiger partial charge in [-0.1, -0.05) is 140 Å². The fourth-order valence-electron chi connectivity index (χ4n) is 9.74. The van der Waals surface area contributed by atoms with E-state index < -0.39 is 5.41 Å². The molecule has 1 N–H and O–H groups in total. The van der Waals surface area contributed by atoms with Crippen molar-refractivity contribution in [2.45, 2.75) is 5.41 Å². The van der Waals surface area contributed by atoms with Crippen LogP contribution in [-0.2, 0) is 5.41 Å². The van der Waals surface area contributed by atoms with Crippen LogP contribution in [0.1, 0.15) is 33.4 Å². The molecule has 3 heterocycles. The lowest BCUT2D eigenvalue weighted by Crippen LogP contribution is -2.34. The van der Waals surface area contributed by atoms with Crippen LogP contribution in [0.25, 0.3) is 72.0 Å². The summed E-state index contributed by atoms with van der Waals surface area (Å²) < 4.78 is 6.89. The summed E-state index contributed by atoms with van der Waals surface area (Å²) in [4.78, 5) is 5.34. The Labute approximate surface area is 359 Å². The maximum absolute atomic E-state index is 9.65. The van der Waals surface area contributed by atoms with Crippen molar-refractivity contribution in [2.24, 2.45) is 0 Å². The first-order valence-electron chi connectivity index (χ1n) is 21.0. The number of pyridine rings is 1. The molecule has 2 aliphatic heterocycles. The van der Waals surface area contributed by atoms with E-state index in [1.54, 1.807) is 0 Å². The lowest BCUT2D eigenvalue weighted by molar-refractivity contribution is 0.435. The van der Waals surface area contributed by atoms with Crippen molar-refractivity contribution in [3.63, 3.8) is 0 Å². The molecule has 0 bridgehead atoms. The van der Waals surface area contributed by atoms with Gasteiger partial charge in [0.05, 0.1) is 33.9 Å². The van der Waals surface area contributed by atoms with Crippen LogP contribution in [-0.4, -0.2) is 11.5 Å². The molecular formula is C58H37N3O. The van der Waals surface area contributed by atoms with Gasteiger partial charge in [0, 0.05) is 28.6 Å². The summed E-state index contributed by atoms with van der Waals surface area (Å²) >= 11 is 0. The second-order valence-corrected chi connectivity index (χ2v) is 16.3. The summed E-state index contributed by atoms with van der Waals surface area (Å²) in [6, 6.07) is 71.6. The van der Waals surface area contributed by atoms with Crippen LogP contribution in [0.5, 0.6) is 11.5 Å². The summed E-state index contributed by atoms with van der Waals surface area (Å²) in [6.45, 7) is 0.767. The molecule has 0 atom stereocenters. The molecule has 62 heavy (non-hydrogen) atoms. The Morgan fingerprint density at radius 2 is 1.11 bits per heavy atom. The van der Waals surface area contributed by atoms with Crippen molar-refractivity contribution in [1.82, 2.24) is 4.98 Å². The second kappa shape index (κ2) is 14.2. The molecule has 290 valence electrons. The fraction of sp³-hybridized carbons (Fsp3) is 0.0345. The standard InChI is InChI=1S/C58H37N3O/c59-36-37-15-17-40(18-16-37)46-30-47(32-48(31-46)53-27-23-42-20-19-41-12-7-29-60-56(41)57(42)61-53)45-24-28-55-52(35-45)58(51-13-5-6-14-54(51)62-55,49-25-21-38-8-1-3-10-43(38)33-49)50-26-22-39-9-2-4-11-44(39)34-50/h1-28,30-35,60H,29H2. The summed E-state index contributed by atoms with van der Waals surface area (Å²) in [5.74, 6) is 1.66. The molecule has 4 heteroatoms. The zero-order valence-electron chi connectivity index (χ0n) is 33.6. The highest BCUT2D eigenvalue weighted by molar-refractivity contribution is 5.98. The topological polar surface area (TPSA) is 57.9 Å². The third kappa shape index (κ3) is 5.71. The fourth-order valence-corrected chi connectivity index (χ4v) is 9.74. The molecule has 4 nitrogen and oxygen atoms in total. The van der Waals surface area contributed by atoms with E-state index in [4.69, 9.17) is 9.72 Å². The maximum Gasteiger partial charge on any atom is 0.132 e. The van der Waals surface area contributed by atoms with Crippen LogP contribution in [0.3, 0.4) is 0 Å². The highest BCUT2D eigenvalue weighted by Crippen LogP contribution is 2.56. The molecule has 0 unspecified atom stereocenters. The van der Waals surface area contributed by atoms with Crippen molar-refractivity contribution >= 4 is 44.2 Å². The van der Waals surface area contributed by atoms with Gasteiger partial charge in [-0.15, -0.1) is 0 Å². The molecule has 0 amide bonds. The molecule has 10 aromatic rings. The number of nitriles is 1. The predicted molar refractivity (Wildman–Crippen MR) is 254 cm³/mol. The van der Waals surface area contributed by atoms with E-state index in [2.05, 4.69) is 193 Å². The first-order chi connectivity index (χ1) is 30.6. The lowest BCUT2D eigenvalue weighted by Gasteiger charge is -2.42. The number of hydrogen-bond donors (Lipinski definition) is 1. The van der Waals surface area contributed by atoms with Crippen LogP contribution in [0.2, 0.25) is 0 Å². The Morgan fingerprint density at radius 3 is 1.85 bits per heavy atom. The van der Waals surface area contributed by atoms with Gasteiger partial charge in [-0.3, -0.25) is 0 Å². The normalized spacial score (nSPS) is 13.4. The van der Waals surface area contributed by atoms with Gasteiger partial charge in [0.15, 0.2) is 0 Å². The Bertz CT molecular complexity index is 3440. The lowest BCUT2D eigenvalue weighted by atomic mass is 9.63. The summed E-state index contributed by atoms with van der Waals surface area (Å²) in [5, 5.41) is 19.1. The molecule has 0 saturated heterocycles. The Hall–Kier alpha value is -8.26. The van der Waals surface area contributed by atoms with Crippen LogP contribution >= 0.6 is 0 Å². The highest BCUT2D eigenvalue weighted by atomic mass is 16.5. The number of anilines is 1. The Kier molecular flexibility index (Phi) is 8.16. The highest BCUT2D eigenvalue weighted by Gasteiger charge is 2.45. The van der Waals surface area contributed by atoms with Crippen molar-refractivity contribution < 1.29 is 4.74 Å². The van der Waals surface area contributed by atoms with Gasteiger partial charge in [-0.2, -0.15) is 5.26 Å². The minimum atomic E-state index is -0.734. The molecule has 0 saturated carbocycles. The van der Waals surface area contributed by atoms with E-state index in [1.807, 2.05) is 24.3 Å². The Balaban J connectivity index is 1.12. The second-order valence-electron chi connectivity index (χ2n) is 16.3. The number of benzene rings is 9. The van der Waals surface area contributed by atoms with E-state index in [9.17, 15) is 5.26 Å². The SMILES string of the molecule is N#Cc1ccc(-c2cc(-c3ccc4c(c3)C(c3ccc5ccccc5c3)(c3ccc5ccccc5c3)c3ccccc3O4)cc(-c3ccc4ccc5c(c4n3)NCC=C5)c2)cc1. The van der Waals surface area contributed by atoms with Gasteiger partial charge in [-0.25, -0.2) is 4.98 Å². The number of nitrogens with zero attached hydrogens (tertiary/aromatic N) is 2. The van der Waals surface area contributed by atoms with E-state index in [1.165, 1.54) is 32.7 Å². The van der Waals surface area contributed by atoms with E-state index in [0.717, 1.165) is 84.8 Å². The molecule has 1 aromatic heterocycles. The van der Waals surface area contributed by atoms with Crippen molar-refractivity contribution in [3.8, 4) is 51.1 Å². The molecular weight excluding hydrogens is 755 g/mol. The van der Waals surface area contributed by atoms with Gasteiger partial charge in [0.25, 0.3) is 0 Å². The minimum Gasteiger partial charge on any atom is -0.457 e. The average molecular weight is 792 g/mol. The minimum absolute atomic E-state index is 0.626. The zero-order chi connectivity index (χ0) is 41.2. The van der Waals surface area contributed by atoms with Crippen LogP contribution in [0, 0.1) is 11.3 Å². The van der Waals surface area contributed by atoms with Crippen molar-refractivity contribution in [2.75, 3.05) is 11.9 Å². The number of nitrogens with one attached hydrogen (secondary N) is 1. The molecule has 2 aliphatic rings.